The summed E-state index contributed by atoms with van der Waals surface area (Å²) in [6.07, 6.45) is 2.74. The van der Waals surface area contributed by atoms with Crippen LogP contribution in [0.15, 0.2) is 47.4 Å². The smallest absolute Gasteiger partial charge is 0.266 e. The third-order valence-electron chi connectivity index (χ3n) is 5.40. The Labute approximate surface area is 180 Å². The van der Waals surface area contributed by atoms with Crippen LogP contribution in [-0.4, -0.2) is 38.8 Å². The molecule has 0 spiro atoms. The van der Waals surface area contributed by atoms with Gasteiger partial charge < -0.3 is 10.1 Å². The lowest BCUT2D eigenvalue weighted by Crippen LogP contribution is -2.35. The molecular weight excluding hydrogens is 420 g/mol. The van der Waals surface area contributed by atoms with E-state index in [1.165, 1.54) is 28.8 Å². The van der Waals surface area contributed by atoms with Crippen molar-refractivity contribution >= 4 is 43.0 Å². The van der Waals surface area contributed by atoms with E-state index in [-0.39, 0.29) is 16.6 Å². The van der Waals surface area contributed by atoms with Gasteiger partial charge in [0.05, 0.1) is 12.0 Å². The highest BCUT2D eigenvalue weighted by Gasteiger charge is 2.29. The summed E-state index contributed by atoms with van der Waals surface area (Å²) in [6, 6.07) is 12.6. The quantitative estimate of drug-likeness (QED) is 0.622. The van der Waals surface area contributed by atoms with Crippen molar-refractivity contribution in [2.75, 3.05) is 25.5 Å². The standard InChI is InChI=1S/C22H24N2O4S2/c1-15-17-8-4-5-9-19(17)29-21(15)22(25)23-16-10-11-18(28-2)20(14-16)30(26,27)24-12-6-3-7-13-24/h4-5,8-11,14H,3,6-7,12-13H2,1-2H3,(H,23,25). The fourth-order valence-electron chi connectivity index (χ4n) is 3.78. The number of ether oxygens (including phenoxy) is 1. The number of piperidine rings is 1. The number of anilines is 1. The Morgan fingerprint density at radius 3 is 2.53 bits per heavy atom. The summed E-state index contributed by atoms with van der Waals surface area (Å²) < 4.78 is 34.2. The Bertz CT molecular complexity index is 1200. The molecule has 4 rings (SSSR count). The van der Waals surface area contributed by atoms with Crippen LogP contribution in [0.25, 0.3) is 10.1 Å². The molecule has 30 heavy (non-hydrogen) atoms. The number of aryl methyl sites for hydroxylation is 1. The normalized spacial score (nSPS) is 15.3. The molecule has 1 N–H and O–H groups in total. The molecule has 3 aromatic rings. The number of hydrogen-bond donors (Lipinski definition) is 1. The first-order valence-corrected chi connectivity index (χ1v) is 12.1. The van der Waals surface area contributed by atoms with E-state index in [1.54, 1.807) is 12.1 Å². The van der Waals surface area contributed by atoms with E-state index >= 15 is 0 Å². The van der Waals surface area contributed by atoms with Crippen LogP contribution in [0.4, 0.5) is 5.69 Å². The second-order valence-corrected chi connectivity index (χ2v) is 10.3. The monoisotopic (exact) mass is 444 g/mol. The van der Waals surface area contributed by atoms with E-state index in [4.69, 9.17) is 4.74 Å². The maximum atomic E-state index is 13.2. The van der Waals surface area contributed by atoms with Crippen molar-refractivity contribution < 1.29 is 17.9 Å². The van der Waals surface area contributed by atoms with Crippen molar-refractivity contribution in [3.8, 4) is 5.75 Å². The Kier molecular flexibility index (Phi) is 5.81. The van der Waals surface area contributed by atoms with Crippen LogP contribution in [0.5, 0.6) is 5.75 Å². The minimum absolute atomic E-state index is 0.0813. The number of carbonyl (C=O) groups excluding carboxylic acids is 1. The lowest BCUT2D eigenvalue weighted by atomic mass is 10.1. The lowest BCUT2D eigenvalue weighted by Gasteiger charge is -2.26. The van der Waals surface area contributed by atoms with Crippen LogP contribution in [0.2, 0.25) is 0 Å². The highest BCUT2D eigenvalue weighted by Crippen LogP contribution is 2.33. The average Bonchev–Trinajstić information content (AvgIpc) is 3.11. The van der Waals surface area contributed by atoms with Gasteiger partial charge in [0.15, 0.2) is 0 Å². The summed E-state index contributed by atoms with van der Waals surface area (Å²) in [5.74, 6) is 0.0248. The Balaban J connectivity index is 1.65. The molecule has 0 atom stereocenters. The maximum Gasteiger partial charge on any atom is 0.266 e. The fourth-order valence-corrected chi connectivity index (χ4v) is 6.58. The third kappa shape index (κ3) is 3.82. The highest BCUT2D eigenvalue weighted by atomic mass is 32.2. The van der Waals surface area contributed by atoms with Gasteiger partial charge in [0, 0.05) is 23.5 Å². The van der Waals surface area contributed by atoms with Gasteiger partial charge in [-0.05, 0) is 55.0 Å². The molecule has 2 heterocycles. The molecule has 6 nitrogen and oxygen atoms in total. The molecule has 1 aliphatic heterocycles. The summed E-state index contributed by atoms with van der Waals surface area (Å²) >= 11 is 1.43. The Morgan fingerprint density at radius 1 is 1.10 bits per heavy atom. The number of thiophene rings is 1. The van der Waals surface area contributed by atoms with Crippen LogP contribution in [0, 0.1) is 6.92 Å². The zero-order valence-electron chi connectivity index (χ0n) is 17.0. The number of nitrogens with one attached hydrogen (secondary N) is 1. The summed E-state index contributed by atoms with van der Waals surface area (Å²) in [7, 11) is -2.25. The van der Waals surface area contributed by atoms with Gasteiger partial charge in [-0.3, -0.25) is 4.79 Å². The third-order valence-corrected chi connectivity index (χ3v) is 8.60. The molecule has 1 aliphatic rings. The first-order valence-electron chi connectivity index (χ1n) is 9.89. The average molecular weight is 445 g/mol. The topological polar surface area (TPSA) is 75.7 Å². The van der Waals surface area contributed by atoms with Gasteiger partial charge in [-0.15, -0.1) is 11.3 Å². The number of hydrogen-bond acceptors (Lipinski definition) is 5. The SMILES string of the molecule is COc1ccc(NC(=O)c2sc3ccccc3c2C)cc1S(=O)(=O)N1CCCCC1. The number of carbonyl (C=O) groups is 1. The van der Waals surface area contributed by atoms with Crippen LogP contribution in [-0.2, 0) is 10.0 Å². The number of nitrogens with zero attached hydrogens (tertiary/aromatic N) is 1. The molecule has 2 aromatic carbocycles. The molecule has 1 amide bonds. The lowest BCUT2D eigenvalue weighted by molar-refractivity contribution is 0.103. The van der Waals surface area contributed by atoms with Crippen molar-refractivity contribution in [3.63, 3.8) is 0 Å². The number of sulfonamides is 1. The second kappa shape index (κ2) is 8.37. The number of methoxy groups -OCH3 is 1. The number of fused-ring (bicyclic) bond motifs is 1. The molecule has 1 fully saturated rings. The van der Waals surface area contributed by atoms with Crippen LogP contribution in [0.3, 0.4) is 0 Å². The summed E-state index contributed by atoms with van der Waals surface area (Å²) in [5.41, 5.74) is 1.34. The summed E-state index contributed by atoms with van der Waals surface area (Å²) in [5, 5.41) is 3.91. The predicted octanol–water partition coefficient (Wildman–Crippen LogP) is 4.65. The first-order chi connectivity index (χ1) is 14.4. The van der Waals surface area contributed by atoms with Crippen molar-refractivity contribution in [1.82, 2.24) is 4.31 Å². The zero-order chi connectivity index (χ0) is 21.3. The van der Waals surface area contributed by atoms with E-state index in [0.717, 1.165) is 34.9 Å². The summed E-state index contributed by atoms with van der Waals surface area (Å²) in [6.45, 7) is 2.93. The van der Waals surface area contributed by atoms with Gasteiger partial charge in [-0.2, -0.15) is 4.31 Å². The van der Waals surface area contributed by atoms with Gasteiger partial charge in [0.1, 0.15) is 10.6 Å². The molecule has 0 aliphatic carbocycles. The van der Waals surface area contributed by atoms with E-state index in [2.05, 4.69) is 5.32 Å². The molecule has 1 aromatic heterocycles. The number of amides is 1. The molecule has 0 bridgehead atoms. The molecule has 1 saturated heterocycles. The van der Waals surface area contributed by atoms with Gasteiger partial charge in [0.25, 0.3) is 5.91 Å². The molecule has 0 saturated carbocycles. The molecular formula is C22H24N2O4S2. The van der Waals surface area contributed by atoms with Gasteiger partial charge in [0.2, 0.25) is 10.0 Å². The van der Waals surface area contributed by atoms with Crippen molar-refractivity contribution in [3.05, 3.63) is 52.9 Å². The largest absolute Gasteiger partial charge is 0.495 e. The minimum atomic E-state index is -3.70. The number of rotatable bonds is 5. The second-order valence-electron chi connectivity index (χ2n) is 7.34. The van der Waals surface area contributed by atoms with E-state index in [0.29, 0.717) is 23.7 Å². The predicted molar refractivity (Wildman–Crippen MR) is 120 cm³/mol. The van der Waals surface area contributed by atoms with E-state index in [1.807, 2.05) is 31.2 Å². The molecule has 0 unspecified atom stereocenters. The van der Waals surface area contributed by atoms with E-state index < -0.39 is 10.0 Å². The van der Waals surface area contributed by atoms with Crippen LogP contribution >= 0.6 is 11.3 Å². The minimum Gasteiger partial charge on any atom is -0.495 e. The van der Waals surface area contributed by atoms with Crippen LogP contribution < -0.4 is 10.1 Å². The zero-order valence-corrected chi connectivity index (χ0v) is 18.6. The highest BCUT2D eigenvalue weighted by molar-refractivity contribution is 7.89. The van der Waals surface area contributed by atoms with Gasteiger partial charge >= 0.3 is 0 Å². The molecule has 158 valence electrons. The fraction of sp³-hybridized carbons (Fsp3) is 0.318. The maximum absolute atomic E-state index is 13.2. The van der Waals surface area contributed by atoms with Crippen molar-refractivity contribution in [2.24, 2.45) is 0 Å². The first kappa shape index (κ1) is 20.8. The van der Waals surface area contributed by atoms with Crippen molar-refractivity contribution in [2.45, 2.75) is 31.1 Å². The van der Waals surface area contributed by atoms with Gasteiger partial charge in [-0.25, -0.2) is 8.42 Å². The Morgan fingerprint density at radius 2 is 1.83 bits per heavy atom. The van der Waals surface area contributed by atoms with E-state index in [9.17, 15) is 13.2 Å². The summed E-state index contributed by atoms with van der Waals surface area (Å²) in [4.78, 5) is 13.6. The Hall–Kier alpha value is -2.42. The van der Waals surface area contributed by atoms with Crippen molar-refractivity contribution in [1.29, 1.82) is 0 Å². The van der Waals surface area contributed by atoms with Gasteiger partial charge in [-0.1, -0.05) is 24.6 Å². The van der Waals surface area contributed by atoms with Crippen LogP contribution in [0.1, 0.15) is 34.5 Å². The number of benzene rings is 2. The molecule has 0 radical (unpaired) electrons. The molecule has 8 heteroatoms.